The first-order chi connectivity index (χ1) is 16.7. The van der Waals surface area contributed by atoms with Gasteiger partial charge in [-0.15, -0.1) is 0 Å². The molecule has 0 aliphatic carbocycles. The molecular weight excluding hydrogens is 424 g/mol. The highest BCUT2D eigenvalue weighted by atomic mass is 16.5. The SMILES string of the molecule is Cc1c(Nc2c(C#N)cncc2C=Cc2cccc(CN3CCOCC3)n2)ccc2[nH]ccc12. The zero-order valence-electron chi connectivity index (χ0n) is 19.1. The fraction of sp³-hybridized carbons (Fsp3) is 0.222. The van der Waals surface area contributed by atoms with E-state index in [-0.39, 0.29) is 0 Å². The van der Waals surface area contributed by atoms with Gasteiger partial charge in [0.15, 0.2) is 0 Å². The molecule has 1 aliphatic rings. The zero-order valence-corrected chi connectivity index (χ0v) is 19.1. The van der Waals surface area contributed by atoms with Crippen LogP contribution in [0.25, 0.3) is 23.1 Å². The molecule has 4 heterocycles. The molecule has 0 unspecified atom stereocenters. The Labute approximate surface area is 198 Å². The van der Waals surface area contributed by atoms with E-state index in [0.29, 0.717) is 5.56 Å². The van der Waals surface area contributed by atoms with E-state index >= 15 is 0 Å². The van der Waals surface area contributed by atoms with Crippen LogP contribution >= 0.6 is 0 Å². The molecule has 0 radical (unpaired) electrons. The van der Waals surface area contributed by atoms with Crippen LogP contribution in [0.1, 0.15) is 28.1 Å². The lowest BCUT2D eigenvalue weighted by molar-refractivity contribution is 0.0336. The van der Waals surface area contributed by atoms with Crippen molar-refractivity contribution in [3.05, 3.63) is 83.1 Å². The van der Waals surface area contributed by atoms with Crippen LogP contribution in [-0.2, 0) is 11.3 Å². The van der Waals surface area contributed by atoms with Crippen molar-refractivity contribution < 1.29 is 4.74 Å². The quantitative estimate of drug-likeness (QED) is 0.435. The topological polar surface area (TPSA) is 89.9 Å². The zero-order chi connectivity index (χ0) is 23.3. The van der Waals surface area contributed by atoms with Gasteiger partial charge in [0.2, 0.25) is 0 Å². The lowest BCUT2D eigenvalue weighted by Gasteiger charge is -2.26. The Morgan fingerprint density at radius 3 is 2.88 bits per heavy atom. The number of nitrogens with zero attached hydrogens (tertiary/aromatic N) is 4. The van der Waals surface area contributed by atoms with E-state index in [1.54, 1.807) is 12.4 Å². The normalized spacial score (nSPS) is 14.5. The van der Waals surface area contributed by atoms with E-state index in [2.05, 4.69) is 45.3 Å². The summed E-state index contributed by atoms with van der Waals surface area (Å²) in [6.45, 7) is 6.28. The minimum Gasteiger partial charge on any atom is -0.379 e. The highest BCUT2D eigenvalue weighted by molar-refractivity contribution is 5.90. The molecule has 7 nitrogen and oxygen atoms in total. The van der Waals surface area contributed by atoms with Crippen LogP contribution in [0.5, 0.6) is 0 Å². The van der Waals surface area contributed by atoms with E-state index in [1.807, 2.05) is 42.6 Å². The molecular formula is C27H26N6O. The molecule has 170 valence electrons. The van der Waals surface area contributed by atoms with Gasteiger partial charge in [-0.1, -0.05) is 6.07 Å². The highest BCUT2D eigenvalue weighted by Gasteiger charge is 2.13. The highest BCUT2D eigenvalue weighted by Crippen LogP contribution is 2.31. The van der Waals surface area contributed by atoms with E-state index in [9.17, 15) is 5.26 Å². The molecule has 2 N–H and O–H groups in total. The van der Waals surface area contributed by atoms with Crippen molar-refractivity contribution in [2.45, 2.75) is 13.5 Å². The molecule has 5 rings (SSSR count). The summed E-state index contributed by atoms with van der Waals surface area (Å²) < 4.78 is 5.44. The lowest BCUT2D eigenvalue weighted by atomic mass is 10.1. The predicted molar refractivity (Wildman–Crippen MR) is 135 cm³/mol. The fourth-order valence-corrected chi connectivity index (χ4v) is 4.22. The number of benzene rings is 1. The van der Waals surface area contributed by atoms with Gasteiger partial charge in [0.05, 0.1) is 35.9 Å². The van der Waals surface area contributed by atoms with Crippen molar-refractivity contribution in [2.75, 3.05) is 31.6 Å². The summed E-state index contributed by atoms with van der Waals surface area (Å²) in [4.78, 5) is 14.7. The number of nitriles is 1. The summed E-state index contributed by atoms with van der Waals surface area (Å²) in [5.74, 6) is 0. The summed E-state index contributed by atoms with van der Waals surface area (Å²) in [7, 11) is 0. The largest absolute Gasteiger partial charge is 0.379 e. The molecule has 1 aliphatic heterocycles. The summed E-state index contributed by atoms with van der Waals surface area (Å²) in [5.41, 5.74) is 7.10. The summed E-state index contributed by atoms with van der Waals surface area (Å²) in [6.07, 6.45) is 9.21. The van der Waals surface area contributed by atoms with Crippen molar-refractivity contribution in [1.82, 2.24) is 19.9 Å². The molecule has 0 atom stereocenters. The van der Waals surface area contributed by atoms with Crippen molar-refractivity contribution >= 4 is 34.4 Å². The second-order valence-corrected chi connectivity index (χ2v) is 8.34. The van der Waals surface area contributed by atoms with Crippen LogP contribution in [-0.4, -0.2) is 46.2 Å². The van der Waals surface area contributed by atoms with Gasteiger partial charge in [-0.2, -0.15) is 5.26 Å². The first-order valence-corrected chi connectivity index (χ1v) is 11.4. The van der Waals surface area contributed by atoms with Crippen molar-refractivity contribution in [2.24, 2.45) is 0 Å². The minimum atomic E-state index is 0.491. The molecule has 1 aromatic carbocycles. The number of H-pyrrole nitrogens is 1. The van der Waals surface area contributed by atoms with Crippen LogP contribution in [0.4, 0.5) is 11.4 Å². The van der Waals surface area contributed by atoms with Crippen LogP contribution in [0.2, 0.25) is 0 Å². The standard InChI is InChI=1S/C27H26N6O/c1-19-24-9-10-30-26(24)8-7-25(19)32-27-20(16-29-17-21(27)15-28)5-6-22-3-2-4-23(31-22)18-33-11-13-34-14-12-33/h2-10,16-17,30H,11-14,18H2,1H3,(H,29,32). The van der Waals surface area contributed by atoms with Gasteiger partial charge < -0.3 is 15.0 Å². The van der Waals surface area contributed by atoms with Gasteiger partial charge in [-0.3, -0.25) is 14.9 Å². The van der Waals surface area contributed by atoms with Crippen LogP contribution in [0, 0.1) is 18.3 Å². The third-order valence-corrected chi connectivity index (χ3v) is 6.11. The Morgan fingerprint density at radius 1 is 1.15 bits per heavy atom. The van der Waals surface area contributed by atoms with Gasteiger partial charge in [0.25, 0.3) is 0 Å². The van der Waals surface area contributed by atoms with Gasteiger partial charge in [0.1, 0.15) is 6.07 Å². The number of aromatic amines is 1. The second kappa shape index (κ2) is 9.87. The number of hydrogen-bond acceptors (Lipinski definition) is 6. The van der Waals surface area contributed by atoms with Crippen molar-refractivity contribution in [1.29, 1.82) is 5.26 Å². The Hall–Kier alpha value is -3.99. The van der Waals surface area contributed by atoms with Crippen LogP contribution in [0.3, 0.4) is 0 Å². The number of hydrogen-bond donors (Lipinski definition) is 2. The average Bonchev–Trinajstić information content (AvgIpc) is 3.35. The number of pyridine rings is 2. The number of aromatic nitrogens is 3. The monoisotopic (exact) mass is 450 g/mol. The summed E-state index contributed by atoms with van der Waals surface area (Å²) in [5, 5.41) is 14.3. The Bertz CT molecular complexity index is 1380. The van der Waals surface area contributed by atoms with Gasteiger partial charge in [-0.25, -0.2) is 0 Å². The summed E-state index contributed by atoms with van der Waals surface area (Å²) in [6, 6.07) is 14.5. The maximum atomic E-state index is 9.72. The third kappa shape index (κ3) is 4.69. The van der Waals surface area contributed by atoms with Crippen LogP contribution in [0.15, 0.2) is 55.0 Å². The fourth-order valence-electron chi connectivity index (χ4n) is 4.22. The summed E-state index contributed by atoms with van der Waals surface area (Å²) >= 11 is 0. The van der Waals surface area contributed by atoms with Crippen LogP contribution < -0.4 is 5.32 Å². The average molecular weight is 451 g/mol. The smallest absolute Gasteiger partial charge is 0.103 e. The third-order valence-electron chi connectivity index (χ3n) is 6.11. The van der Waals surface area contributed by atoms with E-state index in [4.69, 9.17) is 9.72 Å². The second-order valence-electron chi connectivity index (χ2n) is 8.34. The Balaban J connectivity index is 1.41. The van der Waals surface area contributed by atoms with E-state index in [0.717, 1.165) is 77.6 Å². The number of morpholine rings is 1. The maximum absolute atomic E-state index is 9.72. The number of aryl methyl sites for hydroxylation is 1. The number of nitrogens with one attached hydrogen (secondary N) is 2. The molecule has 0 spiro atoms. The van der Waals surface area contributed by atoms with E-state index in [1.165, 1.54) is 0 Å². The van der Waals surface area contributed by atoms with Gasteiger partial charge in [-0.05, 0) is 55.0 Å². The van der Waals surface area contributed by atoms with Gasteiger partial charge in [0, 0.05) is 60.4 Å². The van der Waals surface area contributed by atoms with E-state index < -0.39 is 0 Å². The van der Waals surface area contributed by atoms with Crippen molar-refractivity contribution in [3.8, 4) is 6.07 Å². The minimum absolute atomic E-state index is 0.491. The lowest BCUT2D eigenvalue weighted by Crippen LogP contribution is -2.35. The van der Waals surface area contributed by atoms with Crippen molar-refractivity contribution in [3.63, 3.8) is 0 Å². The molecule has 3 aromatic heterocycles. The number of anilines is 2. The molecule has 0 bridgehead atoms. The molecule has 4 aromatic rings. The molecule has 1 fully saturated rings. The molecule has 7 heteroatoms. The Morgan fingerprint density at radius 2 is 2.03 bits per heavy atom. The Kier molecular flexibility index (Phi) is 6.34. The maximum Gasteiger partial charge on any atom is 0.103 e. The number of ether oxygens (including phenoxy) is 1. The first kappa shape index (κ1) is 21.8. The number of rotatable bonds is 6. The molecule has 1 saturated heterocycles. The molecule has 34 heavy (non-hydrogen) atoms. The first-order valence-electron chi connectivity index (χ1n) is 11.4. The molecule has 0 saturated carbocycles. The molecule has 0 amide bonds. The van der Waals surface area contributed by atoms with Gasteiger partial charge >= 0.3 is 0 Å². The number of fused-ring (bicyclic) bond motifs is 1. The predicted octanol–water partition coefficient (Wildman–Crippen LogP) is 4.88.